The van der Waals surface area contributed by atoms with Gasteiger partial charge in [-0.1, -0.05) is 6.08 Å². The molecule has 0 aliphatic carbocycles. The summed E-state index contributed by atoms with van der Waals surface area (Å²) in [6.07, 6.45) is 5.31. The zero-order valence-electron chi connectivity index (χ0n) is 12.0. The van der Waals surface area contributed by atoms with E-state index in [2.05, 4.69) is 25.6 Å². The Balaban J connectivity index is 2.21. The highest BCUT2D eigenvalue weighted by Gasteiger charge is 2.04. The first-order chi connectivity index (χ1) is 10.2. The summed E-state index contributed by atoms with van der Waals surface area (Å²) < 4.78 is 4.93. The fourth-order valence-electron chi connectivity index (χ4n) is 1.65. The molecule has 2 aromatic rings. The number of rotatable bonds is 5. The average Bonchev–Trinajstić information content (AvgIpc) is 2.47. The van der Waals surface area contributed by atoms with E-state index in [1.165, 1.54) is 0 Å². The number of pyridine rings is 1. The van der Waals surface area contributed by atoms with Gasteiger partial charge in [0.1, 0.15) is 11.3 Å². The summed E-state index contributed by atoms with van der Waals surface area (Å²) in [6, 6.07) is 3.15. The lowest BCUT2D eigenvalue weighted by atomic mass is 10.3. The summed E-state index contributed by atoms with van der Waals surface area (Å²) in [6.45, 7) is 2.90. The molecule has 2 amide bonds. The number of ether oxygens (including phenoxy) is 1. The average molecular weight is 287 g/mol. The van der Waals surface area contributed by atoms with Crippen molar-refractivity contribution >= 4 is 29.1 Å². The molecule has 0 saturated heterocycles. The third-order valence-electron chi connectivity index (χ3n) is 2.56. The van der Waals surface area contributed by atoms with Gasteiger partial charge in [-0.15, -0.1) is 0 Å². The van der Waals surface area contributed by atoms with Gasteiger partial charge in [0.2, 0.25) is 0 Å². The van der Waals surface area contributed by atoms with Gasteiger partial charge in [-0.2, -0.15) is 0 Å². The van der Waals surface area contributed by atoms with Gasteiger partial charge < -0.3 is 10.1 Å². The number of fused-ring (bicyclic) bond motifs is 1. The molecule has 2 heterocycles. The van der Waals surface area contributed by atoms with Crippen LogP contribution < -0.4 is 10.6 Å². The van der Waals surface area contributed by atoms with Gasteiger partial charge in [-0.3, -0.25) is 10.3 Å². The first-order valence-corrected chi connectivity index (χ1v) is 6.57. The van der Waals surface area contributed by atoms with E-state index in [9.17, 15) is 4.79 Å². The summed E-state index contributed by atoms with van der Waals surface area (Å²) >= 11 is 0. The van der Waals surface area contributed by atoms with Crippen LogP contribution in [0.5, 0.6) is 0 Å². The number of amides is 2. The molecule has 0 atom stereocenters. The van der Waals surface area contributed by atoms with E-state index in [-0.39, 0.29) is 6.03 Å². The second kappa shape index (κ2) is 7.30. The number of hydrogen-bond acceptors (Lipinski definition) is 5. The highest BCUT2D eigenvalue weighted by atomic mass is 16.5. The van der Waals surface area contributed by atoms with Gasteiger partial charge in [-0.25, -0.2) is 14.8 Å². The minimum absolute atomic E-state index is 0.298. The number of aromatic nitrogens is 3. The quantitative estimate of drug-likeness (QED) is 0.875. The highest BCUT2D eigenvalue weighted by molar-refractivity contribution is 5.89. The van der Waals surface area contributed by atoms with Crippen LogP contribution in [0.2, 0.25) is 0 Å². The lowest BCUT2D eigenvalue weighted by Crippen LogP contribution is -2.28. The van der Waals surface area contributed by atoms with Gasteiger partial charge in [0.25, 0.3) is 0 Å². The number of methoxy groups -OCH3 is 1. The van der Waals surface area contributed by atoms with Crippen molar-refractivity contribution in [2.75, 3.05) is 25.6 Å². The van der Waals surface area contributed by atoms with Gasteiger partial charge >= 0.3 is 6.03 Å². The molecule has 110 valence electrons. The van der Waals surface area contributed by atoms with Crippen molar-refractivity contribution in [3.05, 3.63) is 30.1 Å². The first kappa shape index (κ1) is 14.9. The Morgan fingerprint density at radius 2 is 2.24 bits per heavy atom. The van der Waals surface area contributed by atoms with Crippen molar-refractivity contribution in [2.45, 2.75) is 6.92 Å². The van der Waals surface area contributed by atoms with Crippen LogP contribution in [0.1, 0.15) is 12.6 Å². The maximum absolute atomic E-state index is 11.5. The predicted octanol–water partition coefficient (Wildman–Crippen LogP) is 1.83. The molecular weight excluding hydrogens is 270 g/mol. The van der Waals surface area contributed by atoms with E-state index in [4.69, 9.17) is 4.74 Å². The van der Waals surface area contributed by atoms with Crippen molar-refractivity contribution < 1.29 is 9.53 Å². The lowest BCUT2D eigenvalue weighted by Gasteiger charge is -2.05. The third kappa shape index (κ3) is 4.22. The Morgan fingerprint density at radius 3 is 3.00 bits per heavy atom. The molecule has 0 bridgehead atoms. The van der Waals surface area contributed by atoms with Crippen molar-refractivity contribution in [2.24, 2.45) is 0 Å². The molecule has 0 fully saturated rings. The smallest absolute Gasteiger partial charge is 0.320 e. The van der Waals surface area contributed by atoms with Crippen LogP contribution in [0, 0.1) is 0 Å². The largest absolute Gasteiger partial charge is 0.381 e. The highest BCUT2D eigenvalue weighted by Crippen LogP contribution is 2.12. The SMILES string of the molecule is CCNC(=O)Nc1ccc2ncc(C=CCOC)nc2n1. The summed E-state index contributed by atoms with van der Waals surface area (Å²) in [5.41, 5.74) is 1.83. The van der Waals surface area contributed by atoms with Crippen LogP contribution in [0.25, 0.3) is 17.2 Å². The first-order valence-electron chi connectivity index (χ1n) is 6.57. The van der Waals surface area contributed by atoms with E-state index in [0.29, 0.717) is 35.8 Å². The number of anilines is 1. The van der Waals surface area contributed by atoms with Crippen molar-refractivity contribution in [3.63, 3.8) is 0 Å². The van der Waals surface area contributed by atoms with Gasteiger partial charge in [-0.05, 0) is 25.1 Å². The van der Waals surface area contributed by atoms with Crippen LogP contribution in [0.3, 0.4) is 0 Å². The third-order valence-corrected chi connectivity index (χ3v) is 2.56. The van der Waals surface area contributed by atoms with E-state index < -0.39 is 0 Å². The van der Waals surface area contributed by atoms with E-state index in [0.717, 1.165) is 0 Å². The molecule has 7 nitrogen and oxygen atoms in total. The summed E-state index contributed by atoms with van der Waals surface area (Å²) in [5.74, 6) is 0.431. The van der Waals surface area contributed by atoms with Crippen LogP contribution >= 0.6 is 0 Å². The Kier molecular flexibility index (Phi) is 5.16. The molecule has 0 radical (unpaired) electrons. The fourth-order valence-corrected chi connectivity index (χ4v) is 1.65. The van der Waals surface area contributed by atoms with Crippen molar-refractivity contribution in [1.82, 2.24) is 20.3 Å². The fraction of sp³-hybridized carbons (Fsp3) is 0.286. The zero-order valence-corrected chi connectivity index (χ0v) is 12.0. The topological polar surface area (TPSA) is 89.0 Å². The second-order valence-electron chi connectivity index (χ2n) is 4.18. The molecule has 2 rings (SSSR count). The lowest BCUT2D eigenvalue weighted by molar-refractivity contribution is 0.234. The van der Waals surface area contributed by atoms with Gasteiger partial charge in [0, 0.05) is 13.7 Å². The normalized spacial score (nSPS) is 11.0. The van der Waals surface area contributed by atoms with Crippen molar-refractivity contribution in [1.29, 1.82) is 0 Å². The maximum Gasteiger partial charge on any atom is 0.320 e. The number of nitrogens with zero attached hydrogens (tertiary/aromatic N) is 3. The van der Waals surface area contributed by atoms with E-state index >= 15 is 0 Å². The minimum Gasteiger partial charge on any atom is -0.381 e. The van der Waals surface area contributed by atoms with Crippen LogP contribution in [-0.4, -0.2) is 41.2 Å². The molecule has 0 aliphatic heterocycles. The molecule has 2 aromatic heterocycles. The minimum atomic E-state index is -0.298. The molecule has 2 N–H and O–H groups in total. The summed E-state index contributed by atoms with van der Waals surface area (Å²) in [4.78, 5) is 24.4. The number of carbonyl (C=O) groups is 1. The van der Waals surface area contributed by atoms with Crippen LogP contribution in [-0.2, 0) is 4.74 Å². The summed E-state index contributed by atoms with van der Waals surface area (Å²) in [7, 11) is 1.62. The Morgan fingerprint density at radius 1 is 1.38 bits per heavy atom. The monoisotopic (exact) mass is 287 g/mol. The van der Waals surface area contributed by atoms with Crippen molar-refractivity contribution in [3.8, 4) is 0 Å². The molecule has 0 spiro atoms. The number of carbonyl (C=O) groups excluding carboxylic acids is 1. The van der Waals surface area contributed by atoms with Crippen LogP contribution in [0.15, 0.2) is 24.4 Å². The molecule has 0 unspecified atom stereocenters. The van der Waals surface area contributed by atoms with Gasteiger partial charge in [0.15, 0.2) is 5.65 Å². The van der Waals surface area contributed by atoms with Gasteiger partial charge in [0.05, 0.1) is 18.5 Å². The number of urea groups is 1. The predicted molar refractivity (Wildman–Crippen MR) is 80.9 cm³/mol. The Labute approximate surface area is 122 Å². The molecule has 7 heteroatoms. The Hall–Kier alpha value is -2.54. The summed E-state index contributed by atoms with van der Waals surface area (Å²) in [5, 5.41) is 5.28. The molecule has 0 saturated carbocycles. The number of nitrogens with one attached hydrogen (secondary N) is 2. The zero-order chi connectivity index (χ0) is 15.1. The molecule has 21 heavy (non-hydrogen) atoms. The molecule has 0 aliphatic rings. The van der Waals surface area contributed by atoms with Crippen LogP contribution in [0.4, 0.5) is 10.6 Å². The molecular formula is C14H17N5O2. The Bertz CT molecular complexity index is 657. The molecule has 0 aromatic carbocycles. The second-order valence-corrected chi connectivity index (χ2v) is 4.18. The number of hydrogen-bond donors (Lipinski definition) is 2. The van der Waals surface area contributed by atoms with E-state index in [1.807, 2.05) is 19.1 Å². The van der Waals surface area contributed by atoms with E-state index in [1.54, 1.807) is 25.4 Å². The maximum atomic E-state index is 11.5. The standard InChI is InChI=1S/C14H17N5O2/c1-3-15-14(20)19-12-7-6-11-13(18-12)17-10(9-16-11)5-4-8-21-2/h4-7,9H,3,8H2,1-2H3,(H2,15,17,18,19,20).